The molecule has 2 amide bonds. The van der Waals surface area contributed by atoms with Crippen LogP contribution < -0.4 is 5.32 Å². The molecule has 25 heavy (non-hydrogen) atoms. The molecule has 138 valence electrons. The average molecular weight is 349 g/mol. The predicted molar refractivity (Wildman–Crippen MR) is 95.3 cm³/mol. The lowest BCUT2D eigenvalue weighted by Crippen LogP contribution is -2.54. The van der Waals surface area contributed by atoms with E-state index < -0.39 is 0 Å². The first-order valence-electron chi connectivity index (χ1n) is 8.79. The number of carbonyl (C=O) groups is 2. The van der Waals surface area contributed by atoms with Crippen molar-refractivity contribution < 1.29 is 14.0 Å². The summed E-state index contributed by atoms with van der Waals surface area (Å²) in [7, 11) is 1.73. The molecule has 0 bridgehead atoms. The van der Waals surface area contributed by atoms with Crippen molar-refractivity contribution in [2.24, 2.45) is 5.92 Å². The highest BCUT2D eigenvalue weighted by Crippen LogP contribution is 2.18. The highest BCUT2D eigenvalue weighted by Gasteiger charge is 2.30. The van der Waals surface area contributed by atoms with E-state index >= 15 is 0 Å². The van der Waals surface area contributed by atoms with Crippen LogP contribution in [0.4, 0.5) is 4.39 Å². The van der Waals surface area contributed by atoms with Crippen LogP contribution in [0.15, 0.2) is 24.3 Å². The number of halogens is 1. The van der Waals surface area contributed by atoms with Crippen molar-refractivity contribution >= 4 is 11.8 Å². The maximum absolute atomic E-state index is 13.3. The molecule has 0 unspecified atom stereocenters. The maximum Gasteiger partial charge on any atom is 0.239 e. The standard InChI is InChI=1S/C19H28FN3O2/c1-13-11-23(15(3)24)9-8-18(13)21-14(2)19(25)22(4)12-16-6-5-7-17(20)10-16/h5-7,10,13-14,18,21H,8-9,11-12H2,1-4H3/t13-,14+,18+/m1/s1. The van der Waals surface area contributed by atoms with Gasteiger partial charge in [0.25, 0.3) is 0 Å². The normalized spacial score (nSPS) is 21.7. The van der Waals surface area contributed by atoms with Crippen molar-refractivity contribution in [3.05, 3.63) is 35.6 Å². The van der Waals surface area contributed by atoms with Gasteiger partial charge < -0.3 is 15.1 Å². The van der Waals surface area contributed by atoms with E-state index in [-0.39, 0.29) is 29.7 Å². The molecule has 2 rings (SSSR count). The Morgan fingerprint density at radius 3 is 2.76 bits per heavy atom. The molecule has 1 aliphatic rings. The summed E-state index contributed by atoms with van der Waals surface area (Å²) in [5, 5.41) is 3.40. The monoisotopic (exact) mass is 349 g/mol. The predicted octanol–water partition coefficient (Wildman–Crippen LogP) is 2.02. The van der Waals surface area contributed by atoms with Crippen LogP contribution in [0, 0.1) is 11.7 Å². The summed E-state index contributed by atoms with van der Waals surface area (Å²) in [6.45, 7) is 7.36. The molecule has 0 aromatic heterocycles. The lowest BCUT2D eigenvalue weighted by molar-refractivity contribution is -0.134. The molecule has 5 nitrogen and oxygen atoms in total. The molecule has 1 aromatic carbocycles. The van der Waals surface area contributed by atoms with Crippen molar-refractivity contribution in [1.82, 2.24) is 15.1 Å². The highest BCUT2D eigenvalue weighted by molar-refractivity contribution is 5.81. The van der Waals surface area contributed by atoms with Gasteiger partial charge in [0.1, 0.15) is 5.82 Å². The fraction of sp³-hybridized carbons (Fsp3) is 0.579. The number of likely N-dealkylation sites (N-methyl/N-ethyl adjacent to an activating group) is 1. The Balaban J connectivity index is 1.88. The zero-order valence-electron chi connectivity index (χ0n) is 15.5. The molecule has 1 N–H and O–H groups in total. The first-order chi connectivity index (χ1) is 11.8. The summed E-state index contributed by atoms with van der Waals surface area (Å²) >= 11 is 0. The van der Waals surface area contributed by atoms with Crippen LogP contribution >= 0.6 is 0 Å². The van der Waals surface area contributed by atoms with Crippen molar-refractivity contribution in [1.29, 1.82) is 0 Å². The molecule has 1 aromatic rings. The van der Waals surface area contributed by atoms with Gasteiger partial charge >= 0.3 is 0 Å². The van der Waals surface area contributed by atoms with E-state index in [1.165, 1.54) is 12.1 Å². The van der Waals surface area contributed by atoms with Crippen molar-refractivity contribution in [2.75, 3.05) is 20.1 Å². The minimum Gasteiger partial charge on any atom is -0.343 e. The van der Waals surface area contributed by atoms with Gasteiger partial charge in [-0.05, 0) is 37.0 Å². The van der Waals surface area contributed by atoms with Crippen LogP contribution in [-0.4, -0.2) is 53.8 Å². The first-order valence-corrected chi connectivity index (χ1v) is 8.79. The third-order valence-electron chi connectivity index (χ3n) is 4.87. The van der Waals surface area contributed by atoms with Gasteiger partial charge in [-0.15, -0.1) is 0 Å². The Hall–Kier alpha value is -1.95. The Morgan fingerprint density at radius 1 is 1.44 bits per heavy atom. The zero-order valence-corrected chi connectivity index (χ0v) is 15.5. The molecule has 1 heterocycles. The number of piperidine rings is 1. The zero-order chi connectivity index (χ0) is 18.6. The Morgan fingerprint density at radius 2 is 2.16 bits per heavy atom. The van der Waals surface area contributed by atoms with Crippen molar-refractivity contribution in [2.45, 2.75) is 45.8 Å². The van der Waals surface area contributed by atoms with Crippen LogP contribution in [0.2, 0.25) is 0 Å². The molecular formula is C19H28FN3O2. The molecule has 1 saturated heterocycles. The van der Waals surface area contributed by atoms with Gasteiger partial charge in [-0.2, -0.15) is 0 Å². The number of hydrogen-bond donors (Lipinski definition) is 1. The second-order valence-electron chi connectivity index (χ2n) is 7.05. The van der Waals surface area contributed by atoms with E-state index in [0.29, 0.717) is 19.0 Å². The summed E-state index contributed by atoms with van der Waals surface area (Å²) in [4.78, 5) is 27.5. The first kappa shape index (κ1) is 19.4. The third-order valence-corrected chi connectivity index (χ3v) is 4.87. The SMILES string of the molecule is CC(=O)N1CC[C@H](N[C@@H](C)C(=O)N(C)Cc2cccc(F)c2)[C@H](C)C1. The molecule has 0 aliphatic carbocycles. The van der Waals surface area contributed by atoms with Gasteiger partial charge in [0.15, 0.2) is 0 Å². The summed E-state index contributed by atoms with van der Waals surface area (Å²) in [5.41, 5.74) is 0.770. The van der Waals surface area contributed by atoms with E-state index in [0.717, 1.165) is 18.5 Å². The lowest BCUT2D eigenvalue weighted by atomic mass is 9.93. The number of carbonyl (C=O) groups excluding carboxylic acids is 2. The van der Waals surface area contributed by atoms with Gasteiger partial charge in [-0.1, -0.05) is 19.1 Å². The van der Waals surface area contributed by atoms with Crippen LogP contribution in [-0.2, 0) is 16.1 Å². The molecule has 1 fully saturated rings. The number of hydrogen-bond acceptors (Lipinski definition) is 3. The second kappa shape index (κ2) is 8.43. The maximum atomic E-state index is 13.3. The quantitative estimate of drug-likeness (QED) is 0.885. The Bertz CT molecular complexity index is 622. The van der Waals surface area contributed by atoms with E-state index in [4.69, 9.17) is 0 Å². The largest absolute Gasteiger partial charge is 0.343 e. The number of rotatable bonds is 5. The van der Waals surface area contributed by atoms with Crippen LogP contribution in [0.1, 0.15) is 32.8 Å². The van der Waals surface area contributed by atoms with E-state index in [9.17, 15) is 14.0 Å². The minimum absolute atomic E-state index is 0.0227. The smallest absolute Gasteiger partial charge is 0.239 e. The van der Waals surface area contributed by atoms with Gasteiger partial charge in [-0.25, -0.2) is 4.39 Å². The number of benzene rings is 1. The summed E-state index contributed by atoms with van der Waals surface area (Å²) < 4.78 is 13.3. The lowest BCUT2D eigenvalue weighted by Gasteiger charge is -2.38. The van der Waals surface area contributed by atoms with Crippen molar-refractivity contribution in [3.8, 4) is 0 Å². The van der Waals surface area contributed by atoms with Crippen molar-refractivity contribution in [3.63, 3.8) is 0 Å². The summed E-state index contributed by atoms with van der Waals surface area (Å²) in [6.07, 6.45) is 0.839. The average Bonchev–Trinajstić information content (AvgIpc) is 2.55. The molecule has 1 aliphatic heterocycles. The molecule has 0 saturated carbocycles. The highest BCUT2D eigenvalue weighted by atomic mass is 19.1. The Kier molecular flexibility index (Phi) is 6.53. The van der Waals surface area contributed by atoms with E-state index in [1.54, 1.807) is 24.9 Å². The molecule has 3 atom stereocenters. The number of nitrogens with one attached hydrogen (secondary N) is 1. The minimum atomic E-state index is -0.324. The molecule has 0 spiro atoms. The summed E-state index contributed by atoms with van der Waals surface area (Å²) in [5.74, 6) is 0.0757. The molecule has 6 heteroatoms. The van der Waals surface area contributed by atoms with Gasteiger partial charge in [0, 0.05) is 39.6 Å². The van der Waals surface area contributed by atoms with Gasteiger partial charge in [-0.3, -0.25) is 9.59 Å². The van der Waals surface area contributed by atoms with Crippen LogP contribution in [0.3, 0.4) is 0 Å². The van der Waals surface area contributed by atoms with E-state index in [2.05, 4.69) is 12.2 Å². The topological polar surface area (TPSA) is 52.7 Å². The van der Waals surface area contributed by atoms with Crippen LogP contribution in [0.5, 0.6) is 0 Å². The van der Waals surface area contributed by atoms with Gasteiger partial charge in [0.05, 0.1) is 6.04 Å². The fourth-order valence-corrected chi connectivity index (χ4v) is 3.39. The van der Waals surface area contributed by atoms with Crippen LogP contribution in [0.25, 0.3) is 0 Å². The number of likely N-dealkylation sites (tertiary alicyclic amines) is 1. The number of amides is 2. The number of nitrogens with zero attached hydrogens (tertiary/aromatic N) is 2. The second-order valence-corrected chi connectivity index (χ2v) is 7.05. The fourth-order valence-electron chi connectivity index (χ4n) is 3.39. The van der Waals surface area contributed by atoms with E-state index in [1.807, 2.05) is 17.9 Å². The third kappa shape index (κ3) is 5.26. The summed E-state index contributed by atoms with van der Waals surface area (Å²) in [6, 6.07) is 6.18. The molecular weight excluding hydrogens is 321 g/mol. The molecule has 0 radical (unpaired) electrons. The van der Waals surface area contributed by atoms with Gasteiger partial charge in [0.2, 0.25) is 11.8 Å². The Labute approximate surface area is 149 Å².